The Kier molecular flexibility index (Phi) is 4.08. The lowest BCUT2D eigenvalue weighted by atomic mass is 9.97. The highest BCUT2D eigenvalue weighted by Crippen LogP contribution is 2.25. The third-order valence-electron chi connectivity index (χ3n) is 2.78. The second-order valence-corrected chi connectivity index (χ2v) is 7.44. The normalized spacial score (nSPS) is 12.5. The van der Waals surface area contributed by atoms with Crippen molar-refractivity contribution in [3.05, 3.63) is 27.3 Å². The first-order valence-corrected chi connectivity index (χ1v) is 7.63. The first-order valence-electron chi connectivity index (χ1n) is 6.37. The van der Waals surface area contributed by atoms with Crippen molar-refractivity contribution < 1.29 is 9.32 Å². The molecule has 6 nitrogen and oxygen atoms in total. The third-order valence-corrected chi connectivity index (χ3v) is 4.01. The molecule has 0 radical (unpaired) electrons. The summed E-state index contributed by atoms with van der Waals surface area (Å²) in [7, 11) is 0. The fraction of sp³-hybridized carbons (Fsp3) is 0.538. The second kappa shape index (κ2) is 5.38. The van der Waals surface area contributed by atoms with E-state index in [-0.39, 0.29) is 16.5 Å². The van der Waals surface area contributed by atoms with E-state index < -0.39 is 5.54 Å². The minimum atomic E-state index is -0.780. The smallest absolute Gasteiger partial charge is 0.265 e. The minimum Gasteiger partial charge on any atom is -0.339 e. The maximum absolute atomic E-state index is 12.2. The lowest BCUT2D eigenvalue weighted by molar-refractivity contribution is 0.0911. The molecule has 0 atom stereocenters. The monoisotopic (exact) mass is 328 g/mol. The molecule has 0 spiro atoms. The van der Waals surface area contributed by atoms with E-state index in [4.69, 9.17) is 16.1 Å². The van der Waals surface area contributed by atoms with Crippen molar-refractivity contribution in [2.75, 3.05) is 0 Å². The summed E-state index contributed by atoms with van der Waals surface area (Å²) in [5, 5.41) is 7.00. The summed E-state index contributed by atoms with van der Waals surface area (Å²) in [6, 6.07) is 0. The Bertz CT molecular complexity index is 657. The first kappa shape index (κ1) is 15.9. The highest BCUT2D eigenvalue weighted by molar-refractivity contribution is 7.12. The number of hydrogen-bond acceptors (Lipinski definition) is 6. The molecule has 1 N–H and O–H groups in total. The van der Waals surface area contributed by atoms with Gasteiger partial charge in [-0.15, -0.1) is 11.3 Å². The van der Waals surface area contributed by atoms with Crippen molar-refractivity contribution in [1.29, 1.82) is 0 Å². The number of nitrogens with zero attached hydrogens (tertiary/aromatic N) is 3. The number of hydrogen-bond donors (Lipinski definition) is 1. The molecule has 114 valence electrons. The molecule has 0 aliphatic carbocycles. The van der Waals surface area contributed by atoms with Gasteiger partial charge in [0.1, 0.15) is 4.88 Å². The predicted octanol–water partition coefficient (Wildman–Crippen LogP) is 3.14. The molecular weight excluding hydrogens is 312 g/mol. The molecule has 0 saturated heterocycles. The SMILES string of the molecule is CC(C)(C)c1nc(C(C)(C)NC(=O)c2scnc2Cl)no1. The predicted molar refractivity (Wildman–Crippen MR) is 80.6 cm³/mol. The maximum Gasteiger partial charge on any atom is 0.265 e. The fourth-order valence-corrected chi connectivity index (χ4v) is 2.46. The van der Waals surface area contributed by atoms with E-state index in [0.29, 0.717) is 16.6 Å². The fourth-order valence-electron chi connectivity index (χ4n) is 1.56. The van der Waals surface area contributed by atoms with Crippen LogP contribution in [-0.4, -0.2) is 21.0 Å². The Labute approximate surface area is 131 Å². The van der Waals surface area contributed by atoms with E-state index in [0.717, 1.165) is 0 Å². The standard InChI is InChI=1S/C13H17ClN4O2S/c1-12(2,3)11-16-10(18-20-11)13(4,5)17-9(19)7-8(14)15-6-21-7/h6H,1-5H3,(H,17,19). The van der Waals surface area contributed by atoms with Crippen LogP contribution in [0.5, 0.6) is 0 Å². The zero-order valence-electron chi connectivity index (χ0n) is 12.5. The molecular formula is C13H17ClN4O2S. The van der Waals surface area contributed by atoms with Gasteiger partial charge in [0.15, 0.2) is 11.0 Å². The second-order valence-electron chi connectivity index (χ2n) is 6.22. The van der Waals surface area contributed by atoms with E-state index >= 15 is 0 Å². The summed E-state index contributed by atoms with van der Waals surface area (Å²) in [6.07, 6.45) is 0. The van der Waals surface area contributed by atoms with Crippen LogP contribution in [-0.2, 0) is 11.0 Å². The van der Waals surface area contributed by atoms with Gasteiger partial charge in [0.25, 0.3) is 5.91 Å². The molecule has 2 aromatic rings. The summed E-state index contributed by atoms with van der Waals surface area (Å²) in [6.45, 7) is 9.54. The topological polar surface area (TPSA) is 80.9 Å². The van der Waals surface area contributed by atoms with Crippen LogP contribution in [0.15, 0.2) is 10.0 Å². The number of amides is 1. The van der Waals surface area contributed by atoms with Gasteiger partial charge in [-0.25, -0.2) is 4.98 Å². The summed E-state index contributed by atoms with van der Waals surface area (Å²) < 4.78 is 5.26. The maximum atomic E-state index is 12.2. The quantitative estimate of drug-likeness (QED) is 0.936. The van der Waals surface area contributed by atoms with Gasteiger partial charge >= 0.3 is 0 Å². The summed E-state index contributed by atoms with van der Waals surface area (Å²) >= 11 is 7.05. The Morgan fingerprint density at radius 2 is 2.00 bits per heavy atom. The highest BCUT2D eigenvalue weighted by Gasteiger charge is 2.32. The van der Waals surface area contributed by atoms with Gasteiger partial charge in [0, 0.05) is 5.41 Å². The Hall–Kier alpha value is -1.47. The number of rotatable bonds is 3. The van der Waals surface area contributed by atoms with Crippen molar-refractivity contribution in [1.82, 2.24) is 20.4 Å². The van der Waals surface area contributed by atoms with Gasteiger partial charge in [-0.05, 0) is 13.8 Å². The van der Waals surface area contributed by atoms with E-state index in [1.165, 1.54) is 16.8 Å². The van der Waals surface area contributed by atoms with Crippen LogP contribution in [0.25, 0.3) is 0 Å². The minimum absolute atomic E-state index is 0.191. The van der Waals surface area contributed by atoms with E-state index in [9.17, 15) is 4.79 Å². The number of thiazole rings is 1. The molecule has 2 rings (SSSR count). The van der Waals surface area contributed by atoms with Crippen LogP contribution in [0.3, 0.4) is 0 Å². The van der Waals surface area contributed by atoms with Crippen molar-refractivity contribution in [3.63, 3.8) is 0 Å². The summed E-state index contributed by atoms with van der Waals surface area (Å²) in [4.78, 5) is 20.8. The molecule has 2 aromatic heterocycles. The Morgan fingerprint density at radius 1 is 1.33 bits per heavy atom. The molecule has 0 aromatic carbocycles. The van der Waals surface area contributed by atoms with E-state index in [1.807, 2.05) is 20.8 Å². The lowest BCUT2D eigenvalue weighted by Gasteiger charge is -2.22. The molecule has 0 aliphatic rings. The van der Waals surface area contributed by atoms with Gasteiger partial charge in [0.05, 0.1) is 11.0 Å². The zero-order valence-corrected chi connectivity index (χ0v) is 14.1. The number of halogens is 1. The van der Waals surface area contributed by atoms with Crippen LogP contribution in [0.2, 0.25) is 5.15 Å². The Morgan fingerprint density at radius 3 is 2.48 bits per heavy atom. The van der Waals surface area contributed by atoms with Gasteiger partial charge in [-0.3, -0.25) is 4.79 Å². The molecule has 0 unspecified atom stereocenters. The molecule has 21 heavy (non-hydrogen) atoms. The van der Waals surface area contributed by atoms with Gasteiger partial charge in [0.2, 0.25) is 5.89 Å². The van der Waals surface area contributed by atoms with Crippen molar-refractivity contribution in [2.24, 2.45) is 0 Å². The van der Waals surface area contributed by atoms with Gasteiger partial charge < -0.3 is 9.84 Å². The number of aromatic nitrogens is 3. The molecule has 0 fully saturated rings. The molecule has 0 aliphatic heterocycles. The van der Waals surface area contributed by atoms with Crippen LogP contribution in [0.4, 0.5) is 0 Å². The average Bonchev–Trinajstić information content (AvgIpc) is 2.95. The van der Waals surface area contributed by atoms with E-state index in [2.05, 4.69) is 20.4 Å². The van der Waals surface area contributed by atoms with Gasteiger partial charge in [-0.1, -0.05) is 37.5 Å². The largest absolute Gasteiger partial charge is 0.339 e. The van der Waals surface area contributed by atoms with Gasteiger partial charge in [-0.2, -0.15) is 4.98 Å². The van der Waals surface area contributed by atoms with Crippen LogP contribution < -0.4 is 5.32 Å². The molecule has 2 heterocycles. The Balaban J connectivity index is 2.20. The zero-order chi connectivity index (χ0) is 15.8. The van der Waals surface area contributed by atoms with Crippen LogP contribution in [0.1, 0.15) is 56.0 Å². The molecule has 1 amide bonds. The molecule has 8 heteroatoms. The number of carbonyl (C=O) groups is 1. The third kappa shape index (κ3) is 3.41. The highest BCUT2D eigenvalue weighted by atomic mass is 35.5. The van der Waals surface area contributed by atoms with Crippen molar-refractivity contribution in [2.45, 2.75) is 45.6 Å². The van der Waals surface area contributed by atoms with Crippen molar-refractivity contribution in [3.8, 4) is 0 Å². The van der Waals surface area contributed by atoms with Crippen LogP contribution >= 0.6 is 22.9 Å². The molecule has 0 saturated carbocycles. The first-order chi connectivity index (χ1) is 9.61. The van der Waals surface area contributed by atoms with E-state index in [1.54, 1.807) is 13.8 Å². The summed E-state index contributed by atoms with van der Waals surface area (Å²) in [5.74, 6) is 0.631. The van der Waals surface area contributed by atoms with Crippen LogP contribution in [0, 0.1) is 0 Å². The van der Waals surface area contributed by atoms with Crippen molar-refractivity contribution >= 4 is 28.8 Å². The summed E-state index contributed by atoms with van der Waals surface area (Å²) in [5.41, 5.74) is 0.500. The average molecular weight is 329 g/mol. The number of nitrogens with one attached hydrogen (secondary N) is 1. The lowest BCUT2D eigenvalue weighted by Crippen LogP contribution is -2.41. The molecule has 0 bridgehead atoms. The number of carbonyl (C=O) groups excluding carboxylic acids is 1.